The number of hydrogen-bond donors (Lipinski definition) is 2. The van der Waals surface area contributed by atoms with Gasteiger partial charge in [-0.15, -0.1) is 0 Å². The number of hydrogen-bond acceptors (Lipinski definition) is 3. The summed E-state index contributed by atoms with van der Waals surface area (Å²) in [6, 6.07) is 5.11. The van der Waals surface area contributed by atoms with E-state index in [-0.39, 0.29) is 10.9 Å². The maximum absolute atomic E-state index is 12.2. The van der Waals surface area contributed by atoms with Crippen LogP contribution >= 0.6 is 28.1 Å². The highest BCUT2D eigenvalue weighted by Gasteiger charge is 2.28. The zero-order valence-corrected chi connectivity index (χ0v) is 13.5. The molecule has 4 nitrogen and oxygen atoms in total. The van der Waals surface area contributed by atoms with Gasteiger partial charge in [0.05, 0.1) is 22.1 Å². The van der Waals surface area contributed by atoms with Gasteiger partial charge in [-0.25, -0.2) is 0 Å². The highest BCUT2D eigenvalue weighted by molar-refractivity contribution is 9.10. The first-order valence-electron chi connectivity index (χ1n) is 5.80. The van der Waals surface area contributed by atoms with Crippen LogP contribution in [0.1, 0.15) is 30.6 Å². The van der Waals surface area contributed by atoms with Crippen LogP contribution in [0.5, 0.6) is 5.75 Å². The fraction of sp³-hybridized carbons (Fsp3) is 0.385. The standard InChI is InChI=1S/C13H17BrN2O2S/c1-4-13(2,12(15)19)16-11(17)8-5-6-10(18-3)9(14)7-8/h5-7H,4H2,1-3H3,(H2,15,19)(H,16,17). The molecule has 0 aliphatic rings. The Hall–Kier alpha value is -1.14. The van der Waals surface area contributed by atoms with Gasteiger partial charge in [-0.3, -0.25) is 4.79 Å². The molecule has 0 fully saturated rings. The summed E-state index contributed by atoms with van der Waals surface area (Å²) in [6.45, 7) is 3.73. The maximum atomic E-state index is 12.2. The van der Waals surface area contributed by atoms with E-state index in [2.05, 4.69) is 21.2 Å². The molecule has 0 spiro atoms. The Bertz CT molecular complexity index is 507. The van der Waals surface area contributed by atoms with Gasteiger partial charge in [0.15, 0.2) is 0 Å². The molecule has 0 bridgehead atoms. The molecule has 104 valence electrons. The lowest BCUT2D eigenvalue weighted by Gasteiger charge is -2.28. The van der Waals surface area contributed by atoms with Crippen molar-refractivity contribution < 1.29 is 9.53 Å². The summed E-state index contributed by atoms with van der Waals surface area (Å²) in [4.78, 5) is 12.5. The van der Waals surface area contributed by atoms with E-state index in [0.29, 0.717) is 17.7 Å². The third-order valence-corrected chi connectivity index (χ3v) is 4.12. The third kappa shape index (κ3) is 3.67. The summed E-state index contributed by atoms with van der Waals surface area (Å²) in [6.07, 6.45) is 0.630. The van der Waals surface area contributed by atoms with Crippen LogP contribution in [0.3, 0.4) is 0 Å². The molecule has 0 aliphatic carbocycles. The number of thiocarbonyl (C=S) groups is 1. The number of carbonyl (C=O) groups excluding carboxylic acids is 1. The van der Waals surface area contributed by atoms with Crippen molar-refractivity contribution in [1.82, 2.24) is 5.32 Å². The number of ether oxygens (including phenoxy) is 1. The van der Waals surface area contributed by atoms with Gasteiger partial charge in [0, 0.05) is 5.56 Å². The van der Waals surface area contributed by atoms with E-state index in [4.69, 9.17) is 22.7 Å². The minimum atomic E-state index is -0.682. The molecule has 0 aliphatic heterocycles. The van der Waals surface area contributed by atoms with Crippen LogP contribution in [0.4, 0.5) is 0 Å². The molecule has 6 heteroatoms. The second kappa shape index (κ2) is 6.34. The molecule has 1 aromatic rings. The summed E-state index contributed by atoms with van der Waals surface area (Å²) >= 11 is 8.34. The number of halogens is 1. The number of methoxy groups -OCH3 is 1. The molecule has 0 radical (unpaired) electrons. The van der Waals surface area contributed by atoms with E-state index in [1.165, 1.54) is 0 Å². The quantitative estimate of drug-likeness (QED) is 0.806. The molecular weight excluding hydrogens is 328 g/mol. The molecule has 1 unspecified atom stereocenters. The summed E-state index contributed by atoms with van der Waals surface area (Å²) in [5.74, 6) is 0.449. The molecule has 1 rings (SSSR count). The monoisotopic (exact) mass is 344 g/mol. The highest BCUT2D eigenvalue weighted by atomic mass is 79.9. The molecule has 19 heavy (non-hydrogen) atoms. The Morgan fingerprint density at radius 3 is 2.63 bits per heavy atom. The summed E-state index contributed by atoms with van der Waals surface area (Å²) in [5, 5.41) is 2.86. The van der Waals surface area contributed by atoms with Gasteiger partial charge in [0.2, 0.25) is 0 Å². The smallest absolute Gasteiger partial charge is 0.252 e. The fourth-order valence-electron chi connectivity index (χ4n) is 1.45. The number of nitrogens with one attached hydrogen (secondary N) is 1. The number of nitrogens with two attached hydrogens (primary N) is 1. The molecule has 0 aromatic heterocycles. The third-order valence-electron chi connectivity index (χ3n) is 3.05. The van der Waals surface area contributed by atoms with Crippen LogP contribution in [0, 0.1) is 0 Å². The molecule has 3 N–H and O–H groups in total. The lowest BCUT2D eigenvalue weighted by molar-refractivity contribution is 0.0926. The van der Waals surface area contributed by atoms with E-state index >= 15 is 0 Å². The van der Waals surface area contributed by atoms with E-state index in [0.717, 1.165) is 4.47 Å². The van der Waals surface area contributed by atoms with Gasteiger partial charge in [-0.2, -0.15) is 0 Å². The zero-order chi connectivity index (χ0) is 14.6. The van der Waals surface area contributed by atoms with E-state index < -0.39 is 5.54 Å². The Balaban J connectivity index is 2.95. The Morgan fingerprint density at radius 2 is 2.21 bits per heavy atom. The normalized spacial score (nSPS) is 13.5. The van der Waals surface area contributed by atoms with Gasteiger partial charge in [-0.1, -0.05) is 19.1 Å². The van der Waals surface area contributed by atoms with Crippen LogP contribution in [0.2, 0.25) is 0 Å². The zero-order valence-electron chi connectivity index (χ0n) is 11.1. The average Bonchev–Trinajstić information content (AvgIpc) is 2.38. The lowest BCUT2D eigenvalue weighted by Crippen LogP contribution is -2.54. The van der Waals surface area contributed by atoms with E-state index in [9.17, 15) is 4.79 Å². The Labute approximate surface area is 126 Å². The van der Waals surface area contributed by atoms with Crippen molar-refractivity contribution in [3.63, 3.8) is 0 Å². The minimum Gasteiger partial charge on any atom is -0.496 e. The first kappa shape index (κ1) is 15.9. The first-order valence-corrected chi connectivity index (χ1v) is 7.00. The Morgan fingerprint density at radius 1 is 1.58 bits per heavy atom. The second-order valence-corrected chi connectivity index (χ2v) is 5.65. The predicted molar refractivity (Wildman–Crippen MR) is 83.6 cm³/mol. The van der Waals surface area contributed by atoms with Crippen LogP contribution in [-0.2, 0) is 0 Å². The van der Waals surface area contributed by atoms with Crippen LogP contribution in [-0.4, -0.2) is 23.5 Å². The lowest BCUT2D eigenvalue weighted by atomic mass is 9.98. The summed E-state index contributed by atoms with van der Waals surface area (Å²) < 4.78 is 5.84. The van der Waals surface area contributed by atoms with E-state index in [1.54, 1.807) is 25.3 Å². The number of benzene rings is 1. The minimum absolute atomic E-state index is 0.222. The van der Waals surface area contributed by atoms with Crippen molar-refractivity contribution in [1.29, 1.82) is 0 Å². The molecule has 1 atom stereocenters. The van der Waals surface area contributed by atoms with Gasteiger partial charge >= 0.3 is 0 Å². The van der Waals surface area contributed by atoms with Gasteiger partial charge in [-0.05, 0) is 47.5 Å². The first-order chi connectivity index (χ1) is 8.84. The van der Waals surface area contributed by atoms with Gasteiger partial charge in [0.25, 0.3) is 5.91 Å². The molecule has 1 aromatic carbocycles. The van der Waals surface area contributed by atoms with Gasteiger partial charge in [0.1, 0.15) is 5.75 Å². The summed E-state index contributed by atoms with van der Waals surface area (Å²) in [7, 11) is 1.57. The predicted octanol–water partition coefficient (Wildman–Crippen LogP) is 2.64. The largest absolute Gasteiger partial charge is 0.496 e. The molecular formula is C13H17BrN2O2S. The van der Waals surface area contributed by atoms with Crippen LogP contribution in [0.25, 0.3) is 0 Å². The Kier molecular flexibility index (Phi) is 5.31. The number of carbonyl (C=O) groups is 1. The highest BCUT2D eigenvalue weighted by Crippen LogP contribution is 2.25. The number of rotatable bonds is 5. The van der Waals surface area contributed by atoms with Crippen molar-refractivity contribution in [2.75, 3.05) is 7.11 Å². The molecule has 0 heterocycles. The SMILES string of the molecule is CCC(C)(NC(=O)c1ccc(OC)c(Br)c1)C(N)=S. The topological polar surface area (TPSA) is 64.3 Å². The van der Waals surface area contributed by atoms with Crippen molar-refractivity contribution in [2.45, 2.75) is 25.8 Å². The van der Waals surface area contributed by atoms with Crippen molar-refractivity contribution in [3.05, 3.63) is 28.2 Å². The van der Waals surface area contributed by atoms with Crippen LogP contribution < -0.4 is 15.8 Å². The van der Waals surface area contributed by atoms with Gasteiger partial charge < -0.3 is 15.8 Å². The average molecular weight is 345 g/mol. The summed E-state index contributed by atoms with van der Waals surface area (Å²) in [5.41, 5.74) is 5.51. The number of amides is 1. The van der Waals surface area contributed by atoms with Crippen molar-refractivity contribution in [2.24, 2.45) is 5.73 Å². The maximum Gasteiger partial charge on any atom is 0.252 e. The molecule has 0 saturated carbocycles. The van der Waals surface area contributed by atoms with Crippen molar-refractivity contribution >= 4 is 39.0 Å². The molecule has 0 saturated heterocycles. The molecule has 1 amide bonds. The second-order valence-electron chi connectivity index (χ2n) is 4.35. The van der Waals surface area contributed by atoms with E-state index in [1.807, 2.05) is 13.8 Å². The fourth-order valence-corrected chi connectivity index (χ4v) is 2.19. The van der Waals surface area contributed by atoms with Crippen LogP contribution in [0.15, 0.2) is 22.7 Å². The van der Waals surface area contributed by atoms with Crippen molar-refractivity contribution in [3.8, 4) is 5.75 Å².